The molecule has 1 atom stereocenters. The number of rotatable bonds is 4. The number of hydrogen-bond donors (Lipinski definition) is 1. The highest BCUT2D eigenvalue weighted by atomic mass is 16.2. The van der Waals surface area contributed by atoms with Crippen LogP contribution in [0.25, 0.3) is 6.08 Å². The Kier molecular flexibility index (Phi) is 6.24. The smallest absolute Gasteiger partial charge is 0.332 e. The molecule has 41 heavy (non-hydrogen) atoms. The van der Waals surface area contributed by atoms with E-state index in [0.29, 0.717) is 30.5 Å². The first kappa shape index (κ1) is 26.4. The number of carbonyl (C=O) groups is 6. The Morgan fingerprint density at radius 3 is 2.37 bits per heavy atom. The first-order valence-electron chi connectivity index (χ1n) is 13.6. The SMILES string of the molecule is CN1C(=O)N(C)C(=O)C2(Cc3cc(/C=C4\C(=O)NC(=O)N(CCc5ccccc5)C4=O)ccc3N3CCC[C@H]32)C1=O. The Bertz CT molecular complexity index is 1530. The van der Waals surface area contributed by atoms with Crippen molar-refractivity contribution in [2.75, 3.05) is 32.1 Å². The third-order valence-corrected chi connectivity index (χ3v) is 8.61. The van der Waals surface area contributed by atoms with Crippen LogP contribution in [0.15, 0.2) is 54.1 Å². The molecule has 0 aromatic heterocycles. The molecule has 0 saturated carbocycles. The van der Waals surface area contributed by atoms with Gasteiger partial charge in [-0.05, 0) is 60.6 Å². The molecule has 4 aliphatic rings. The van der Waals surface area contributed by atoms with E-state index < -0.39 is 41.1 Å². The van der Waals surface area contributed by atoms with E-state index >= 15 is 0 Å². The number of carbonyl (C=O) groups excluding carboxylic acids is 6. The van der Waals surface area contributed by atoms with Crippen molar-refractivity contribution in [3.8, 4) is 0 Å². The Balaban J connectivity index is 1.34. The van der Waals surface area contributed by atoms with Crippen LogP contribution in [0.2, 0.25) is 0 Å². The van der Waals surface area contributed by atoms with Gasteiger partial charge in [-0.15, -0.1) is 0 Å². The number of amides is 8. The van der Waals surface area contributed by atoms with Gasteiger partial charge in [0.25, 0.3) is 11.8 Å². The average Bonchev–Trinajstić information content (AvgIpc) is 3.47. The Morgan fingerprint density at radius 1 is 0.951 bits per heavy atom. The molecule has 1 N–H and O–H groups in total. The maximum absolute atomic E-state index is 13.6. The number of hydrogen-bond acceptors (Lipinski definition) is 7. The van der Waals surface area contributed by atoms with Crippen molar-refractivity contribution in [1.29, 1.82) is 0 Å². The predicted molar refractivity (Wildman–Crippen MR) is 147 cm³/mol. The molecular formula is C30H29N5O6. The molecule has 1 spiro atoms. The number of anilines is 1. The number of nitrogens with zero attached hydrogens (tertiary/aromatic N) is 4. The van der Waals surface area contributed by atoms with Gasteiger partial charge in [-0.1, -0.05) is 36.4 Å². The molecule has 2 aromatic rings. The molecule has 3 fully saturated rings. The van der Waals surface area contributed by atoms with Gasteiger partial charge in [0.15, 0.2) is 5.41 Å². The average molecular weight is 556 g/mol. The predicted octanol–water partition coefficient (Wildman–Crippen LogP) is 1.95. The molecule has 0 unspecified atom stereocenters. The van der Waals surface area contributed by atoms with Crippen LogP contribution in [-0.2, 0) is 32.0 Å². The van der Waals surface area contributed by atoms with Gasteiger partial charge in [-0.3, -0.25) is 39.2 Å². The topological polar surface area (TPSA) is 127 Å². The van der Waals surface area contributed by atoms with Crippen molar-refractivity contribution in [2.45, 2.75) is 31.7 Å². The van der Waals surface area contributed by atoms with Crippen LogP contribution in [0, 0.1) is 5.41 Å². The van der Waals surface area contributed by atoms with E-state index in [4.69, 9.17) is 0 Å². The molecule has 11 nitrogen and oxygen atoms in total. The fourth-order valence-corrected chi connectivity index (χ4v) is 6.58. The Labute approximate surface area is 236 Å². The molecule has 210 valence electrons. The Hall–Kier alpha value is -4.80. The van der Waals surface area contributed by atoms with Gasteiger partial charge in [0, 0.05) is 32.9 Å². The summed E-state index contributed by atoms with van der Waals surface area (Å²) in [6, 6.07) is 13.0. The summed E-state index contributed by atoms with van der Waals surface area (Å²) in [6.07, 6.45) is 3.38. The Morgan fingerprint density at radius 2 is 1.66 bits per heavy atom. The maximum Gasteiger partial charge on any atom is 0.332 e. The number of benzene rings is 2. The number of imide groups is 4. The van der Waals surface area contributed by atoms with Gasteiger partial charge >= 0.3 is 12.1 Å². The molecule has 0 bridgehead atoms. The summed E-state index contributed by atoms with van der Waals surface area (Å²) in [7, 11) is 2.78. The van der Waals surface area contributed by atoms with Gasteiger partial charge < -0.3 is 4.90 Å². The van der Waals surface area contributed by atoms with Gasteiger partial charge in [0.05, 0.1) is 6.04 Å². The first-order valence-corrected chi connectivity index (χ1v) is 13.6. The minimum absolute atomic E-state index is 0.0853. The lowest BCUT2D eigenvalue weighted by Gasteiger charge is -2.50. The van der Waals surface area contributed by atoms with Gasteiger partial charge in [-0.2, -0.15) is 0 Å². The van der Waals surface area contributed by atoms with E-state index in [-0.39, 0.29) is 24.6 Å². The molecule has 0 radical (unpaired) electrons. The van der Waals surface area contributed by atoms with Gasteiger partial charge in [-0.25, -0.2) is 9.59 Å². The van der Waals surface area contributed by atoms with Crippen LogP contribution >= 0.6 is 0 Å². The maximum atomic E-state index is 13.6. The van der Waals surface area contributed by atoms with Crippen LogP contribution in [0.3, 0.4) is 0 Å². The van der Waals surface area contributed by atoms with Crippen LogP contribution in [-0.4, -0.2) is 83.6 Å². The summed E-state index contributed by atoms with van der Waals surface area (Å²) >= 11 is 0. The zero-order chi connectivity index (χ0) is 29.1. The molecular weight excluding hydrogens is 526 g/mol. The summed E-state index contributed by atoms with van der Waals surface area (Å²) in [5.74, 6) is -2.52. The van der Waals surface area contributed by atoms with Crippen molar-refractivity contribution in [2.24, 2.45) is 5.41 Å². The molecule has 11 heteroatoms. The fourth-order valence-electron chi connectivity index (χ4n) is 6.58. The third-order valence-electron chi connectivity index (χ3n) is 8.61. The quantitative estimate of drug-likeness (QED) is 0.347. The highest BCUT2D eigenvalue weighted by Crippen LogP contribution is 2.49. The molecule has 2 aromatic carbocycles. The number of barbiturate groups is 2. The molecule has 6 rings (SSSR count). The summed E-state index contributed by atoms with van der Waals surface area (Å²) in [4.78, 5) is 83.4. The van der Waals surface area contributed by atoms with Gasteiger partial charge in [0.1, 0.15) is 5.57 Å². The van der Waals surface area contributed by atoms with E-state index in [1.165, 1.54) is 20.2 Å². The number of fused-ring (bicyclic) bond motifs is 4. The second-order valence-electron chi connectivity index (χ2n) is 10.9. The third kappa shape index (κ3) is 4.02. The number of nitrogens with one attached hydrogen (secondary N) is 1. The largest absolute Gasteiger partial charge is 0.367 e. The zero-order valence-electron chi connectivity index (χ0n) is 22.8. The van der Waals surface area contributed by atoms with Crippen molar-refractivity contribution < 1.29 is 28.8 Å². The molecule has 3 saturated heterocycles. The van der Waals surface area contributed by atoms with E-state index in [9.17, 15) is 28.8 Å². The van der Waals surface area contributed by atoms with Crippen molar-refractivity contribution in [3.05, 3.63) is 70.8 Å². The summed E-state index contributed by atoms with van der Waals surface area (Å²) in [6.45, 7) is 0.757. The van der Waals surface area contributed by atoms with Crippen molar-refractivity contribution >= 4 is 47.5 Å². The van der Waals surface area contributed by atoms with E-state index in [1.807, 2.05) is 36.4 Å². The highest BCUT2D eigenvalue weighted by molar-refractivity contribution is 6.31. The van der Waals surface area contributed by atoms with Crippen LogP contribution < -0.4 is 10.2 Å². The minimum atomic E-state index is -1.45. The van der Waals surface area contributed by atoms with Gasteiger partial charge in [0.2, 0.25) is 11.8 Å². The lowest BCUT2D eigenvalue weighted by molar-refractivity contribution is -0.159. The lowest BCUT2D eigenvalue weighted by Crippen LogP contribution is -2.70. The molecule has 8 amide bonds. The first-order chi connectivity index (χ1) is 19.6. The highest BCUT2D eigenvalue weighted by Gasteiger charge is 2.63. The monoisotopic (exact) mass is 555 g/mol. The van der Waals surface area contributed by atoms with Crippen LogP contribution in [0.5, 0.6) is 0 Å². The van der Waals surface area contributed by atoms with E-state index in [0.717, 1.165) is 32.4 Å². The van der Waals surface area contributed by atoms with E-state index in [2.05, 4.69) is 10.2 Å². The molecule has 4 heterocycles. The minimum Gasteiger partial charge on any atom is -0.367 e. The zero-order valence-corrected chi connectivity index (χ0v) is 22.8. The summed E-state index contributed by atoms with van der Waals surface area (Å²) in [5, 5.41) is 2.25. The van der Waals surface area contributed by atoms with Crippen molar-refractivity contribution in [3.63, 3.8) is 0 Å². The second kappa shape index (κ2) is 9.69. The van der Waals surface area contributed by atoms with E-state index in [1.54, 1.807) is 12.1 Å². The summed E-state index contributed by atoms with van der Waals surface area (Å²) in [5.41, 5.74) is 1.41. The second-order valence-corrected chi connectivity index (χ2v) is 10.9. The number of urea groups is 2. The van der Waals surface area contributed by atoms with Crippen LogP contribution in [0.4, 0.5) is 15.3 Å². The molecule has 4 aliphatic heterocycles. The fraction of sp³-hybridized carbons (Fsp3) is 0.333. The molecule has 0 aliphatic carbocycles. The standard InChI is InChI=1S/C30H29N5O6/c1-32-26(38)30(27(39)33(2)29(32)41)17-20-15-19(10-11-22(20)34-13-6-9-23(30)34)16-21-24(36)31-28(40)35(25(21)37)14-12-18-7-4-3-5-8-18/h3-5,7-8,10-11,15-16,23H,6,9,12-14,17H2,1-2H3,(H,31,36,40)/b21-16+/t23-/m0/s1. The van der Waals surface area contributed by atoms with Crippen LogP contribution in [0.1, 0.15) is 29.5 Å². The normalized spacial score (nSPS) is 23.0. The summed E-state index contributed by atoms with van der Waals surface area (Å²) < 4.78 is 0. The van der Waals surface area contributed by atoms with Crippen molar-refractivity contribution in [1.82, 2.24) is 20.0 Å². The lowest BCUT2D eigenvalue weighted by atomic mass is 9.68.